The van der Waals surface area contributed by atoms with Crippen LogP contribution in [-0.2, 0) is 14.3 Å². The molecule has 0 spiro atoms. The van der Waals surface area contributed by atoms with Gasteiger partial charge in [-0.25, -0.2) is 0 Å². The third-order valence-electron chi connectivity index (χ3n) is 4.69. The lowest BCUT2D eigenvalue weighted by Gasteiger charge is -2.41. The summed E-state index contributed by atoms with van der Waals surface area (Å²) in [6.07, 6.45) is 1.69. The van der Waals surface area contributed by atoms with Crippen molar-refractivity contribution in [3.8, 4) is 11.8 Å². The first kappa shape index (κ1) is 19.8. The van der Waals surface area contributed by atoms with E-state index in [0.717, 1.165) is 18.4 Å². The number of nitriles is 1. The molecular weight excluding hydrogens is 332 g/mol. The summed E-state index contributed by atoms with van der Waals surface area (Å²) in [5.41, 5.74) is 0.797. The van der Waals surface area contributed by atoms with E-state index < -0.39 is 24.0 Å². The highest BCUT2D eigenvalue weighted by Crippen LogP contribution is 2.41. The third-order valence-corrected chi connectivity index (χ3v) is 4.69. The lowest BCUT2D eigenvalue weighted by molar-refractivity contribution is -0.159. The Kier molecular flexibility index (Phi) is 7.02. The maximum atomic E-state index is 12.7. The van der Waals surface area contributed by atoms with Gasteiger partial charge in [-0.1, -0.05) is 31.5 Å². The predicted octanol–water partition coefficient (Wildman–Crippen LogP) is 3.23. The predicted molar refractivity (Wildman–Crippen MR) is 96.2 cm³/mol. The number of benzene rings is 1. The molecule has 0 saturated carbocycles. The van der Waals surface area contributed by atoms with Gasteiger partial charge in [0.2, 0.25) is 5.91 Å². The van der Waals surface area contributed by atoms with Gasteiger partial charge in [0.15, 0.2) is 6.10 Å². The molecule has 1 aromatic rings. The van der Waals surface area contributed by atoms with Crippen molar-refractivity contribution >= 4 is 11.9 Å². The normalized spacial score (nSPS) is 21.0. The second-order valence-electron chi connectivity index (χ2n) is 6.48. The Labute approximate surface area is 154 Å². The number of carbonyl (C=O) groups is 2. The zero-order valence-corrected chi connectivity index (χ0v) is 15.6. The van der Waals surface area contributed by atoms with Crippen molar-refractivity contribution in [1.82, 2.24) is 4.90 Å². The van der Waals surface area contributed by atoms with Gasteiger partial charge in [0, 0.05) is 18.5 Å². The molecule has 1 aliphatic rings. The van der Waals surface area contributed by atoms with Crippen LogP contribution in [0.1, 0.15) is 51.1 Å². The molecule has 3 atom stereocenters. The number of amides is 1. The first-order valence-electron chi connectivity index (χ1n) is 9.06. The molecule has 1 heterocycles. The van der Waals surface area contributed by atoms with Crippen molar-refractivity contribution < 1.29 is 19.1 Å². The lowest BCUT2D eigenvalue weighted by Crippen LogP contribution is -2.46. The lowest BCUT2D eigenvalue weighted by atomic mass is 9.83. The van der Waals surface area contributed by atoms with E-state index in [-0.39, 0.29) is 5.91 Å². The highest BCUT2D eigenvalue weighted by atomic mass is 16.5. The summed E-state index contributed by atoms with van der Waals surface area (Å²) in [5.74, 6) is -0.285. The second kappa shape index (κ2) is 9.23. The molecule has 0 radical (unpaired) electrons. The number of unbranched alkanes of at least 4 members (excludes halogenated alkanes) is 1. The monoisotopic (exact) mass is 358 g/mol. The fourth-order valence-corrected chi connectivity index (χ4v) is 3.38. The highest BCUT2D eigenvalue weighted by molar-refractivity contribution is 5.82. The van der Waals surface area contributed by atoms with Crippen molar-refractivity contribution in [2.45, 2.75) is 51.7 Å². The van der Waals surface area contributed by atoms with Gasteiger partial charge in [0.1, 0.15) is 11.8 Å². The molecule has 1 fully saturated rings. The van der Waals surface area contributed by atoms with E-state index in [1.165, 1.54) is 0 Å². The first-order valence-corrected chi connectivity index (χ1v) is 9.06. The van der Waals surface area contributed by atoms with Gasteiger partial charge in [-0.05, 0) is 25.8 Å². The molecule has 1 saturated heterocycles. The SMILES string of the molecule is CCCCN1C(=O)CC[C@H](C(=O)O[C@@H](C)C#N)[C@H]1c1ccccc1OC. The van der Waals surface area contributed by atoms with Gasteiger partial charge in [-0.2, -0.15) is 5.26 Å². The molecule has 0 N–H and O–H groups in total. The van der Waals surface area contributed by atoms with Crippen LogP contribution in [0.5, 0.6) is 5.75 Å². The van der Waals surface area contributed by atoms with Crippen LogP contribution < -0.4 is 4.74 Å². The van der Waals surface area contributed by atoms with E-state index >= 15 is 0 Å². The summed E-state index contributed by atoms with van der Waals surface area (Å²) < 4.78 is 10.7. The maximum Gasteiger partial charge on any atom is 0.312 e. The zero-order chi connectivity index (χ0) is 19.1. The summed E-state index contributed by atoms with van der Waals surface area (Å²) >= 11 is 0. The molecule has 0 bridgehead atoms. The van der Waals surface area contributed by atoms with E-state index in [9.17, 15) is 9.59 Å². The minimum absolute atomic E-state index is 0.0340. The Morgan fingerprint density at radius 1 is 1.42 bits per heavy atom. The van der Waals surface area contributed by atoms with Crippen LogP contribution in [0, 0.1) is 17.2 Å². The molecular formula is C20H26N2O4. The number of esters is 1. The van der Waals surface area contributed by atoms with Crippen molar-refractivity contribution in [3.63, 3.8) is 0 Å². The highest BCUT2D eigenvalue weighted by Gasteiger charge is 2.42. The Bertz CT molecular complexity index is 683. The Balaban J connectivity index is 2.43. The fourth-order valence-electron chi connectivity index (χ4n) is 3.38. The maximum absolute atomic E-state index is 12.7. The molecule has 2 rings (SSSR count). The van der Waals surface area contributed by atoms with Gasteiger partial charge >= 0.3 is 5.97 Å². The molecule has 0 aliphatic carbocycles. The number of rotatable bonds is 7. The van der Waals surface area contributed by atoms with E-state index in [1.54, 1.807) is 18.9 Å². The van der Waals surface area contributed by atoms with Gasteiger partial charge in [0.25, 0.3) is 0 Å². The van der Waals surface area contributed by atoms with Crippen LogP contribution >= 0.6 is 0 Å². The average Bonchev–Trinajstić information content (AvgIpc) is 2.66. The van der Waals surface area contributed by atoms with Crippen LogP contribution in [-0.4, -0.2) is 36.5 Å². The van der Waals surface area contributed by atoms with Crippen molar-refractivity contribution in [1.29, 1.82) is 5.26 Å². The quantitative estimate of drug-likeness (QED) is 0.699. The Hall–Kier alpha value is -2.55. The van der Waals surface area contributed by atoms with Crippen molar-refractivity contribution in [3.05, 3.63) is 29.8 Å². The van der Waals surface area contributed by atoms with Crippen LogP contribution in [0.15, 0.2) is 24.3 Å². The molecule has 6 nitrogen and oxygen atoms in total. The van der Waals surface area contributed by atoms with E-state index in [1.807, 2.05) is 30.3 Å². The fraction of sp³-hybridized carbons (Fsp3) is 0.550. The van der Waals surface area contributed by atoms with Gasteiger partial charge in [-0.3, -0.25) is 9.59 Å². The minimum atomic E-state index is -0.817. The smallest absolute Gasteiger partial charge is 0.312 e. The van der Waals surface area contributed by atoms with Crippen LogP contribution in [0.4, 0.5) is 0 Å². The molecule has 1 aliphatic heterocycles. The third kappa shape index (κ3) is 4.34. The van der Waals surface area contributed by atoms with Gasteiger partial charge in [-0.15, -0.1) is 0 Å². The molecule has 6 heteroatoms. The second-order valence-corrected chi connectivity index (χ2v) is 6.48. The first-order chi connectivity index (χ1) is 12.5. The zero-order valence-electron chi connectivity index (χ0n) is 15.6. The van der Waals surface area contributed by atoms with E-state index in [0.29, 0.717) is 25.1 Å². The number of methoxy groups -OCH3 is 1. The number of hydrogen-bond donors (Lipinski definition) is 0. The topological polar surface area (TPSA) is 79.6 Å². The molecule has 0 unspecified atom stereocenters. The average molecular weight is 358 g/mol. The molecule has 0 aromatic heterocycles. The number of nitrogens with zero attached hydrogens (tertiary/aromatic N) is 2. The number of carbonyl (C=O) groups excluding carboxylic acids is 2. The van der Waals surface area contributed by atoms with Crippen LogP contribution in [0.25, 0.3) is 0 Å². The standard InChI is InChI=1S/C20H26N2O4/c1-4-5-12-22-18(23)11-10-16(20(24)26-14(2)13-21)19(22)15-8-6-7-9-17(15)25-3/h6-9,14,16,19H,4-5,10-12H2,1-3H3/t14-,16-,19+/m0/s1. The summed E-state index contributed by atoms with van der Waals surface area (Å²) in [4.78, 5) is 27.1. The van der Waals surface area contributed by atoms with Crippen LogP contribution in [0.2, 0.25) is 0 Å². The number of hydrogen-bond acceptors (Lipinski definition) is 5. The van der Waals surface area contributed by atoms with Gasteiger partial charge in [0.05, 0.1) is 19.1 Å². The summed E-state index contributed by atoms with van der Waals surface area (Å²) in [5, 5.41) is 8.95. The largest absolute Gasteiger partial charge is 0.496 e. The molecule has 1 amide bonds. The number of piperidine rings is 1. The minimum Gasteiger partial charge on any atom is -0.496 e. The van der Waals surface area contributed by atoms with E-state index in [2.05, 4.69) is 6.92 Å². The molecule has 140 valence electrons. The summed E-state index contributed by atoms with van der Waals surface area (Å²) in [6, 6.07) is 8.91. The van der Waals surface area contributed by atoms with Crippen molar-refractivity contribution in [2.24, 2.45) is 5.92 Å². The van der Waals surface area contributed by atoms with Crippen molar-refractivity contribution in [2.75, 3.05) is 13.7 Å². The number of ether oxygens (including phenoxy) is 2. The summed E-state index contributed by atoms with van der Waals surface area (Å²) in [6.45, 7) is 4.18. The number of para-hydroxylation sites is 1. The molecule has 1 aromatic carbocycles. The Morgan fingerprint density at radius 2 is 2.15 bits per heavy atom. The van der Waals surface area contributed by atoms with Gasteiger partial charge < -0.3 is 14.4 Å². The van der Waals surface area contributed by atoms with Crippen LogP contribution in [0.3, 0.4) is 0 Å². The van der Waals surface area contributed by atoms with E-state index in [4.69, 9.17) is 14.7 Å². The Morgan fingerprint density at radius 3 is 2.81 bits per heavy atom. The molecule has 26 heavy (non-hydrogen) atoms. The number of likely N-dealkylation sites (tertiary alicyclic amines) is 1. The summed E-state index contributed by atoms with van der Waals surface area (Å²) in [7, 11) is 1.57.